The number of rotatable bonds is 8. The fourth-order valence-corrected chi connectivity index (χ4v) is 3.53. The van der Waals surface area contributed by atoms with Crippen molar-refractivity contribution in [2.45, 2.75) is 13.2 Å². The number of benzene rings is 3. The number of carbonyl (C=O) groups is 1. The molecule has 0 aliphatic heterocycles. The average molecular weight is 512 g/mol. The van der Waals surface area contributed by atoms with Crippen LogP contribution in [-0.2, 0) is 17.9 Å². The molecule has 0 saturated carbocycles. The minimum Gasteiger partial charge on any atom is -0.497 e. The molecule has 0 saturated heterocycles. The fourth-order valence-electron chi connectivity index (χ4n) is 2.83. The molecule has 162 valence electrons. The quantitative estimate of drug-likeness (QED) is 0.301. The van der Waals surface area contributed by atoms with E-state index in [-0.39, 0.29) is 5.57 Å². The van der Waals surface area contributed by atoms with Crippen LogP contribution in [0.2, 0.25) is 5.02 Å². The summed E-state index contributed by atoms with van der Waals surface area (Å²) < 4.78 is 11.7. The Hall–Kier alpha value is -3.27. The van der Waals surface area contributed by atoms with Gasteiger partial charge in [0.1, 0.15) is 29.7 Å². The Bertz CT molecular complexity index is 1170. The molecule has 0 aliphatic rings. The Morgan fingerprint density at radius 1 is 1.16 bits per heavy atom. The number of nitriles is 1. The standard InChI is InChI=1S/C25H20BrClN2O3/c1-31-21-9-6-17(7-10-21)15-29-25(30)20(14-28)12-18-8-11-24(22(26)13-18)32-16-19-4-2-3-5-23(19)27/h2-13H,15-16H2,1H3,(H,29,30)/b20-12-. The Labute approximate surface area is 200 Å². The molecular weight excluding hydrogens is 492 g/mol. The van der Waals surface area contributed by atoms with Gasteiger partial charge < -0.3 is 14.8 Å². The predicted molar refractivity (Wildman–Crippen MR) is 128 cm³/mol. The van der Waals surface area contributed by atoms with Crippen LogP contribution in [0, 0.1) is 11.3 Å². The highest BCUT2D eigenvalue weighted by Gasteiger charge is 2.10. The zero-order valence-corrected chi connectivity index (χ0v) is 19.6. The Morgan fingerprint density at radius 3 is 2.56 bits per heavy atom. The number of carbonyl (C=O) groups excluding carboxylic acids is 1. The van der Waals surface area contributed by atoms with Crippen LogP contribution in [0.5, 0.6) is 11.5 Å². The number of ether oxygens (including phenoxy) is 2. The zero-order valence-electron chi connectivity index (χ0n) is 17.3. The minimum absolute atomic E-state index is 0.00940. The molecule has 1 N–H and O–H groups in total. The molecule has 0 fully saturated rings. The molecule has 3 aromatic rings. The van der Waals surface area contributed by atoms with Crippen molar-refractivity contribution >= 4 is 39.5 Å². The maximum absolute atomic E-state index is 12.4. The van der Waals surface area contributed by atoms with Crippen LogP contribution in [0.25, 0.3) is 6.08 Å². The van der Waals surface area contributed by atoms with E-state index in [9.17, 15) is 10.1 Å². The summed E-state index contributed by atoms with van der Waals surface area (Å²) in [5.41, 5.74) is 2.48. The summed E-state index contributed by atoms with van der Waals surface area (Å²) in [5.74, 6) is 0.922. The molecule has 0 atom stereocenters. The monoisotopic (exact) mass is 510 g/mol. The van der Waals surface area contributed by atoms with E-state index in [0.717, 1.165) is 16.9 Å². The lowest BCUT2D eigenvalue weighted by Crippen LogP contribution is -2.23. The van der Waals surface area contributed by atoms with Gasteiger partial charge in [0.2, 0.25) is 0 Å². The van der Waals surface area contributed by atoms with E-state index in [1.165, 1.54) is 6.08 Å². The SMILES string of the molecule is COc1ccc(CNC(=O)/C(C#N)=C\c2ccc(OCc3ccccc3Cl)c(Br)c2)cc1. The first-order valence-corrected chi connectivity index (χ1v) is 10.9. The third-order valence-corrected chi connectivity index (χ3v) is 5.57. The van der Waals surface area contributed by atoms with Crippen molar-refractivity contribution in [1.29, 1.82) is 5.26 Å². The highest BCUT2D eigenvalue weighted by atomic mass is 79.9. The van der Waals surface area contributed by atoms with Gasteiger partial charge in [-0.1, -0.05) is 48.0 Å². The maximum Gasteiger partial charge on any atom is 0.262 e. The van der Waals surface area contributed by atoms with Crippen LogP contribution < -0.4 is 14.8 Å². The van der Waals surface area contributed by atoms with E-state index in [4.69, 9.17) is 21.1 Å². The third-order valence-electron chi connectivity index (χ3n) is 4.59. The van der Waals surface area contributed by atoms with Gasteiger partial charge in [0.25, 0.3) is 5.91 Å². The lowest BCUT2D eigenvalue weighted by atomic mass is 10.1. The largest absolute Gasteiger partial charge is 0.497 e. The molecule has 0 aliphatic carbocycles. The van der Waals surface area contributed by atoms with Crippen molar-refractivity contribution in [3.8, 4) is 17.6 Å². The lowest BCUT2D eigenvalue weighted by Gasteiger charge is -2.10. The first-order chi connectivity index (χ1) is 15.5. The van der Waals surface area contributed by atoms with Gasteiger partial charge in [-0.05, 0) is 63.5 Å². The molecule has 0 heterocycles. The van der Waals surface area contributed by atoms with Crippen LogP contribution in [0.4, 0.5) is 0 Å². The number of nitrogens with zero attached hydrogens (tertiary/aromatic N) is 1. The number of hydrogen-bond donors (Lipinski definition) is 1. The second-order valence-corrected chi connectivity index (χ2v) is 8.03. The van der Waals surface area contributed by atoms with Crippen LogP contribution in [-0.4, -0.2) is 13.0 Å². The molecule has 32 heavy (non-hydrogen) atoms. The highest BCUT2D eigenvalue weighted by Crippen LogP contribution is 2.28. The van der Waals surface area contributed by atoms with E-state index in [2.05, 4.69) is 21.2 Å². The number of halogens is 2. The fraction of sp³-hybridized carbons (Fsp3) is 0.120. The van der Waals surface area contributed by atoms with Gasteiger partial charge in [-0.2, -0.15) is 5.26 Å². The van der Waals surface area contributed by atoms with E-state index in [1.54, 1.807) is 25.3 Å². The van der Waals surface area contributed by atoms with Gasteiger partial charge in [0.15, 0.2) is 0 Å². The smallest absolute Gasteiger partial charge is 0.262 e. The summed E-state index contributed by atoms with van der Waals surface area (Å²) >= 11 is 9.64. The summed E-state index contributed by atoms with van der Waals surface area (Å²) in [4.78, 5) is 12.4. The second-order valence-electron chi connectivity index (χ2n) is 6.77. The van der Waals surface area contributed by atoms with Crippen molar-refractivity contribution in [3.05, 3.63) is 98.5 Å². The molecule has 3 aromatic carbocycles. The molecule has 0 unspecified atom stereocenters. The Kier molecular flexibility index (Phi) is 8.32. The molecule has 0 spiro atoms. The van der Waals surface area contributed by atoms with Crippen LogP contribution in [0.3, 0.4) is 0 Å². The van der Waals surface area contributed by atoms with Gasteiger partial charge in [0.05, 0.1) is 11.6 Å². The molecule has 3 rings (SSSR count). The number of nitrogens with one attached hydrogen (secondary N) is 1. The van der Waals surface area contributed by atoms with Gasteiger partial charge in [-0.15, -0.1) is 0 Å². The first kappa shape index (κ1) is 23.4. The number of hydrogen-bond acceptors (Lipinski definition) is 4. The Morgan fingerprint density at radius 2 is 1.91 bits per heavy atom. The van der Waals surface area contributed by atoms with E-state index >= 15 is 0 Å². The molecule has 5 nitrogen and oxygen atoms in total. The summed E-state index contributed by atoms with van der Waals surface area (Å²) in [6.07, 6.45) is 1.53. The molecule has 0 aromatic heterocycles. The molecule has 7 heteroatoms. The van der Waals surface area contributed by atoms with Crippen molar-refractivity contribution in [1.82, 2.24) is 5.32 Å². The summed E-state index contributed by atoms with van der Waals surface area (Å²) in [6, 6.07) is 22.1. The first-order valence-electron chi connectivity index (χ1n) is 9.69. The zero-order chi connectivity index (χ0) is 22.9. The van der Waals surface area contributed by atoms with Crippen LogP contribution in [0.1, 0.15) is 16.7 Å². The molecule has 1 amide bonds. The van der Waals surface area contributed by atoms with Crippen LogP contribution >= 0.6 is 27.5 Å². The molecule has 0 bridgehead atoms. The highest BCUT2D eigenvalue weighted by molar-refractivity contribution is 9.10. The normalized spacial score (nSPS) is 10.9. The Balaban J connectivity index is 1.64. The van der Waals surface area contributed by atoms with Crippen molar-refractivity contribution in [2.75, 3.05) is 7.11 Å². The van der Waals surface area contributed by atoms with Crippen molar-refractivity contribution < 1.29 is 14.3 Å². The van der Waals surface area contributed by atoms with E-state index in [0.29, 0.717) is 34.0 Å². The summed E-state index contributed by atoms with van der Waals surface area (Å²) in [5, 5.41) is 12.8. The topological polar surface area (TPSA) is 71.3 Å². The minimum atomic E-state index is -0.446. The van der Waals surface area contributed by atoms with Gasteiger partial charge in [-0.3, -0.25) is 4.79 Å². The number of amides is 1. The lowest BCUT2D eigenvalue weighted by molar-refractivity contribution is -0.117. The third kappa shape index (κ3) is 6.36. The summed E-state index contributed by atoms with van der Waals surface area (Å²) in [6.45, 7) is 0.630. The second kappa shape index (κ2) is 11.4. The van der Waals surface area contributed by atoms with Crippen LogP contribution in [0.15, 0.2) is 76.8 Å². The molecule has 0 radical (unpaired) electrons. The van der Waals surface area contributed by atoms with E-state index in [1.807, 2.05) is 54.6 Å². The average Bonchev–Trinajstić information content (AvgIpc) is 2.81. The summed E-state index contributed by atoms with van der Waals surface area (Å²) in [7, 11) is 1.59. The van der Waals surface area contributed by atoms with Crippen molar-refractivity contribution in [3.63, 3.8) is 0 Å². The van der Waals surface area contributed by atoms with Gasteiger partial charge >= 0.3 is 0 Å². The number of methoxy groups -OCH3 is 1. The molecular formula is C25H20BrClN2O3. The predicted octanol–water partition coefficient (Wildman–Crippen LogP) is 5.91. The maximum atomic E-state index is 12.4. The van der Waals surface area contributed by atoms with E-state index < -0.39 is 5.91 Å². The van der Waals surface area contributed by atoms with Crippen molar-refractivity contribution in [2.24, 2.45) is 0 Å². The van der Waals surface area contributed by atoms with Gasteiger partial charge in [0, 0.05) is 17.1 Å². The van der Waals surface area contributed by atoms with Gasteiger partial charge in [-0.25, -0.2) is 0 Å².